The minimum absolute atomic E-state index is 0. The third-order valence-corrected chi connectivity index (χ3v) is 2.44. The number of ether oxygens (including phenoxy) is 1. The number of rotatable bonds is 3. The monoisotopic (exact) mass is 292 g/mol. The first kappa shape index (κ1) is 15.3. The summed E-state index contributed by atoms with van der Waals surface area (Å²) in [5.74, 6) is 0.920. The zero-order valence-corrected chi connectivity index (χ0v) is 11.7. The third kappa shape index (κ3) is 6.10. The van der Waals surface area contributed by atoms with Gasteiger partial charge in [-0.2, -0.15) is 30.3 Å². The second kappa shape index (κ2) is 9.21. The van der Waals surface area contributed by atoms with Crippen molar-refractivity contribution in [2.75, 3.05) is 0 Å². The van der Waals surface area contributed by atoms with Gasteiger partial charge in [-0.25, -0.2) is 24.3 Å². The summed E-state index contributed by atoms with van der Waals surface area (Å²) in [6.07, 6.45) is 0. The van der Waals surface area contributed by atoms with Gasteiger partial charge in [0.1, 0.15) is 5.75 Å². The van der Waals surface area contributed by atoms with Crippen molar-refractivity contribution in [2.45, 2.75) is 6.61 Å². The molecule has 0 aliphatic heterocycles. The fraction of sp³-hybridized carbons (Fsp3) is 0.0588. The molecule has 0 aliphatic rings. The Labute approximate surface area is 125 Å². The van der Waals surface area contributed by atoms with Crippen molar-refractivity contribution < 1.29 is 21.8 Å². The fourth-order valence-electron chi connectivity index (χ4n) is 1.51. The second-order valence-corrected chi connectivity index (χ2v) is 3.86. The van der Waals surface area contributed by atoms with E-state index in [9.17, 15) is 0 Å². The summed E-state index contributed by atoms with van der Waals surface area (Å²) in [6.45, 7) is 0.650. The Hall–Kier alpha value is -1.76. The molecule has 0 aromatic heterocycles. The van der Waals surface area contributed by atoms with Gasteiger partial charge in [0.15, 0.2) is 0 Å². The van der Waals surface area contributed by atoms with Crippen molar-refractivity contribution in [2.24, 2.45) is 0 Å². The molecule has 0 saturated carbocycles. The number of para-hydroxylation sites is 1. The van der Waals surface area contributed by atoms with Crippen LogP contribution < -0.4 is 4.74 Å². The first-order valence-electron chi connectivity index (χ1n) is 6.00. The number of benzene rings is 1. The summed E-state index contributed by atoms with van der Waals surface area (Å²) >= 11 is 0. The Morgan fingerprint density at radius 2 is 1.47 bits per heavy atom. The molecule has 0 N–H and O–H groups in total. The normalized spacial score (nSPS) is 8.84. The first-order chi connectivity index (χ1) is 8.95. The van der Waals surface area contributed by atoms with Crippen LogP contribution in [0.25, 0.3) is 0 Å². The van der Waals surface area contributed by atoms with Crippen LogP contribution in [0, 0.1) is 0 Å². The Bertz CT molecular complexity index is 480. The molecule has 0 aliphatic carbocycles. The average molecular weight is 292 g/mol. The Morgan fingerprint density at radius 1 is 0.842 bits per heavy atom. The first-order valence-corrected chi connectivity index (χ1v) is 6.00. The molecule has 0 spiro atoms. The van der Waals surface area contributed by atoms with Crippen LogP contribution in [0.5, 0.6) is 5.75 Å². The molecule has 19 heavy (non-hydrogen) atoms. The van der Waals surface area contributed by atoms with Gasteiger partial charge in [0, 0.05) is 0 Å². The molecule has 2 heteroatoms. The van der Waals surface area contributed by atoms with Gasteiger partial charge in [-0.1, -0.05) is 18.2 Å². The minimum atomic E-state index is 0. The van der Waals surface area contributed by atoms with Crippen molar-refractivity contribution in [1.82, 2.24) is 0 Å². The van der Waals surface area contributed by atoms with E-state index in [-0.39, 0.29) is 17.1 Å². The standard InChI is InChI=1S/C12H11O.C5H5.Fe/c1-2-8-12(9-3-1)13-10-11-6-4-5-7-11;1-2-4-5-3-1;/h1-9H,10H2;1-5H;/q2*-1;+2. The third-order valence-electron chi connectivity index (χ3n) is 2.44. The van der Waals surface area contributed by atoms with Crippen molar-refractivity contribution in [3.05, 3.63) is 90.5 Å². The van der Waals surface area contributed by atoms with E-state index in [1.807, 2.05) is 72.8 Å². The van der Waals surface area contributed by atoms with Crippen LogP contribution in [0.3, 0.4) is 0 Å². The van der Waals surface area contributed by atoms with Crippen LogP contribution in [0.1, 0.15) is 5.56 Å². The van der Waals surface area contributed by atoms with Gasteiger partial charge in [0.05, 0.1) is 6.61 Å². The summed E-state index contributed by atoms with van der Waals surface area (Å²) in [5.41, 5.74) is 1.21. The predicted octanol–water partition coefficient (Wildman–Crippen LogP) is 4.39. The van der Waals surface area contributed by atoms with E-state index in [2.05, 4.69) is 12.1 Å². The van der Waals surface area contributed by atoms with Gasteiger partial charge in [0.25, 0.3) is 0 Å². The molecule has 0 amide bonds. The molecular formula is C17H16FeO. The van der Waals surface area contributed by atoms with E-state index in [1.165, 1.54) is 5.56 Å². The van der Waals surface area contributed by atoms with Gasteiger partial charge in [-0.3, -0.25) is 0 Å². The van der Waals surface area contributed by atoms with Crippen LogP contribution in [0.2, 0.25) is 0 Å². The van der Waals surface area contributed by atoms with Gasteiger partial charge in [-0.15, -0.1) is 5.56 Å². The number of hydrogen-bond acceptors (Lipinski definition) is 1. The van der Waals surface area contributed by atoms with E-state index in [1.54, 1.807) is 0 Å². The average Bonchev–Trinajstić information content (AvgIpc) is 3.13. The van der Waals surface area contributed by atoms with Gasteiger partial charge in [0.2, 0.25) is 0 Å². The molecule has 0 atom stereocenters. The maximum atomic E-state index is 5.55. The van der Waals surface area contributed by atoms with E-state index in [4.69, 9.17) is 4.74 Å². The van der Waals surface area contributed by atoms with Crippen LogP contribution in [-0.4, -0.2) is 0 Å². The smallest absolute Gasteiger partial charge is 0.501 e. The van der Waals surface area contributed by atoms with Crippen molar-refractivity contribution in [3.8, 4) is 5.75 Å². The summed E-state index contributed by atoms with van der Waals surface area (Å²) in [6, 6.07) is 28.0. The largest absolute Gasteiger partial charge is 2.00 e. The molecule has 0 heterocycles. The SMILES string of the molecule is [Fe+2].c1cc[cH-]c1.c1ccc(OC[c-]2cccc2)cc1. The molecule has 0 saturated heterocycles. The molecule has 0 fully saturated rings. The van der Waals surface area contributed by atoms with E-state index in [0.717, 1.165) is 5.75 Å². The van der Waals surface area contributed by atoms with E-state index < -0.39 is 0 Å². The molecule has 3 aromatic rings. The zero-order valence-electron chi connectivity index (χ0n) is 10.6. The summed E-state index contributed by atoms with van der Waals surface area (Å²) in [7, 11) is 0. The van der Waals surface area contributed by atoms with Crippen LogP contribution in [0.15, 0.2) is 84.9 Å². The quantitative estimate of drug-likeness (QED) is 0.514. The van der Waals surface area contributed by atoms with Gasteiger partial charge >= 0.3 is 17.1 Å². The van der Waals surface area contributed by atoms with Crippen molar-refractivity contribution in [1.29, 1.82) is 0 Å². The zero-order chi connectivity index (χ0) is 12.5. The van der Waals surface area contributed by atoms with Crippen LogP contribution >= 0.6 is 0 Å². The molecule has 1 nitrogen and oxygen atoms in total. The molecule has 0 bridgehead atoms. The van der Waals surface area contributed by atoms with Crippen molar-refractivity contribution in [3.63, 3.8) is 0 Å². The minimum Gasteiger partial charge on any atom is -0.501 e. The van der Waals surface area contributed by atoms with E-state index in [0.29, 0.717) is 6.61 Å². The number of hydrogen-bond donors (Lipinski definition) is 0. The molecule has 3 rings (SSSR count). The van der Waals surface area contributed by atoms with Gasteiger partial charge in [-0.05, 0) is 12.1 Å². The summed E-state index contributed by atoms with van der Waals surface area (Å²) < 4.78 is 5.55. The summed E-state index contributed by atoms with van der Waals surface area (Å²) in [4.78, 5) is 0. The molecule has 0 radical (unpaired) electrons. The molecule has 0 unspecified atom stereocenters. The maximum absolute atomic E-state index is 5.55. The van der Waals surface area contributed by atoms with Gasteiger partial charge < -0.3 is 4.74 Å². The fourth-order valence-corrected chi connectivity index (χ4v) is 1.51. The maximum Gasteiger partial charge on any atom is 2.00 e. The molecule has 98 valence electrons. The molecular weight excluding hydrogens is 276 g/mol. The Kier molecular flexibility index (Phi) is 7.41. The topological polar surface area (TPSA) is 9.23 Å². The Morgan fingerprint density at radius 3 is 2.00 bits per heavy atom. The summed E-state index contributed by atoms with van der Waals surface area (Å²) in [5, 5.41) is 0. The Balaban J connectivity index is 0.000000256. The van der Waals surface area contributed by atoms with E-state index >= 15 is 0 Å². The molecule has 3 aromatic carbocycles. The van der Waals surface area contributed by atoms with Crippen molar-refractivity contribution >= 4 is 0 Å². The predicted molar refractivity (Wildman–Crippen MR) is 74.8 cm³/mol. The van der Waals surface area contributed by atoms with Crippen LogP contribution in [0.4, 0.5) is 0 Å². The van der Waals surface area contributed by atoms with Crippen LogP contribution in [-0.2, 0) is 23.7 Å². The second-order valence-electron chi connectivity index (χ2n) is 3.86.